The molecule has 1 aromatic carbocycles. The van der Waals surface area contributed by atoms with Gasteiger partial charge in [-0.05, 0) is 29.6 Å². The van der Waals surface area contributed by atoms with Crippen LogP contribution in [0.5, 0.6) is 0 Å². The lowest BCUT2D eigenvalue weighted by atomic mass is 10.2. The van der Waals surface area contributed by atoms with E-state index >= 15 is 0 Å². The van der Waals surface area contributed by atoms with Crippen molar-refractivity contribution in [2.45, 2.75) is 6.10 Å². The SMILES string of the molecule is OC(c1ccn(-c2ccccc2)n1)c1cccs1. The van der Waals surface area contributed by atoms with Gasteiger partial charge in [0.15, 0.2) is 0 Å². The zero-order valence-corrected chi connectivity index (χ0v) is 10.4. The highest BCUT2D eigenvalue weighted by Gasteiger charge is 2.14. The molecule has 0 bridgehead atoms. The molecule has 0 radical (unpaired) electrons. The zero-order valence-electron chi connectivity index (χ0n) is 9.60. The Kier molecular flexibility index (Phi) is 2.96. The van der Waals surface area contributed by atoms with Gasteiger partial charge in [-0.25, -0.2) is 4.68 Å². The maximum Gasteiger partial charge on any atom is 0.132 e. The minimum absolute atomic E-state index is 0.644. The van der Waals surface area contributed by atoms with Crippen LogP contribution < -0.4 is 0 Å². The van der Waals surface area contributed by atoms with Gasteiger partial charge in [0, 0.05) is 11.1 Å². The first kappa shape index (κ1) is 11.2. The van der Waals surface area contributed by atoms with Crippen molar-refractivity contribution in [3.8, 4) is 5.69 Å². The van der Waals surface area contributed by atoms with Crippen LogP contribution in [0.3, 0.4) is 0 Å². The summed E-state index contributed by atoms with van der Waals surface area (Å²) in [4.78, 5) is 0.910. The highest BCUT2D eigenvalue weighted by Crippen LogP contribution is 2.24. The van der Waals surface area contributed by atoms with Crippen molar-refractivity contribution in [2.75, 3.05) is 0 Å². The Morgan fingerprint density at radius 3 is 2.61 bits per heavy atom. The summed E-state index contributed by atoms with van der Waals surface area (Å²) < 4.78 is 1.77. The fourth-order valence-electron chi connectivity index (χ4n) is 1.80. The molecular weight excluding hydrogens is 244 g/mol. The van der Waals surface area contributed by atoms with E-state index in [1.165, 1.54) is 11.3 Å². The van der Waals surface area contributed by atoms with Crippen molar-refractivity contribution in [2.24, 2.45) is 0 Å². The summed E-state index contributed by atoms with van der Waals surface area (Å²) in [5.74, 6) is 0. The molecule has 0 spiro atoms. The Bertz CT molecular complexity index is 616. The average molecular weight is 256 g/mol. The van der Waals surface area contributed by atoms with Gasteiger partial charge in [-0.3, -0.25) is 0 Å². The molecule has 2 aromatic heterocycles. The van der Waals surface area contributed by atoms with E-state index in [0.29, 0.717) is 5.69 Å². The fraction of sp³-hybridized carbons (Fsp3) is 0.0714. The van der Waals surface area contributed by atoms with Gasteiger partial charge in [0.2, 0.25) is 0 Å². The molecule has 3 aromatic rings. The number of aromatic nitrogens is 2. The third kappa shape index (κ3) is 2.08. The van der Waals surface area contributed by atoms with E-state index in [0.717, 1.165) is 10.6 Å². The van der Waals surface area contributed by atoms with E-state index in [1.807, 2.05) is 60.1 Å². The lowest BCUT2D eigenvalue weighted by molar-refractivity contribution is 0.218. The molecule has 1 atom stereocenters. The van der Waals surface area contributed by atoms with Gasteiger partial charge in [0.1, 0.15) is 6.10 Å². The molecule has 0 aliphatic rings. The largest absolute Gasteiger partial charge is 0.381 e. The van der Waals surface area contributed by atoms with Gasteiger partial charge in [-0.2, -0.15) is 5.10 Å². The third-order valence-electron chi connectivity index (χ3n) is 2.72. The Morgan fingerprint density at radius 1 is 1.06 bits per heavy atom. The molecule has 4 heteroatoms. The normalized spacial score (nSPS) is 12.5. The molecule has 0 amide bonds. The molecule has 0 aliphatic carbocycles. The standard InChI is InChI=1S/C14H12N2OS/c17-14(13-7-4-10-18-13)12-8-9-16(15-12)11-5-2-1-3-6-11/h1-10,14,17H. The highest BCUT2D eigenvalue weighted by atomic mass is 32.1. The Hall–Kier alpha value is -1.91. The van der Waals surface area contributed by atoms with Crippen LogP contribution in [0.15, 0.2) is 60.1 Å². The molecule has 3 nitrogen and oxygen atoms in total. The topological polar surface area (TPSA) is 38.0 Å². The van der Waals surface area contributed by atoms with E-state index in [4.69, 9.17) is 0 Å². The van der Waals surface area contributed by atoms with Crippen LogP contribution in [0.1, 0.15) is 16.7 Å². The Morgan fingerprint density at radius 2 is 1.89 bits per heavy atom. The van der Waals surface area contributed by atoms with Crippen LogP contribution in [0.2, 0.25) is 0 Å². The Balaban J connectivity index is 1.90. The van der Waals surface area contributed by atoms with Crippen LogP contribution in [0, 0.1) is 0 Å². The number of aliphatic hydroxyl groups is 1. The molecule has 90 valence electrons. The number of para-hydroxylation sites is 1. The van der Waals surface area contributed by atoms with Crippen LogP contribution in [0.4, 0.5) is 0 Å². The first-order valence-corrected chi connectivity index (χ1v) is 6.55. The second-order valence-corrected chi connectivity index (χ2v) is 4.92. The highest BCUT2D eigenvalue weighted by molar-refractivity contribution is 7.10. The molecule has 1 unspecified atom stereocenters. The summed E-state index contributed by atoms with van der Waals surface area (Å²) in [6.07, 6.45) is 1.22. The number of hydrogen-bond donors (Lipinski definition) is 1. The summed E-state index contributed by atoms with van der Waals surface area (Å²) in [5.41, 5.74) is 1.66. The predicted molar refractivity (Wildman–Crippen MR) is 71.9 cm³/mol. The molecule has 1 N–H and O–H groups in total. The van der Waals surface area contributed by atoms with Gasteiger partial charge >= 0.3 is 0 Å². The van der Waals surface area contributed by atoms with Gasteiger partial charge in [0.25, 0.3) is 0 Å². The first-order valence-electron chi connectivity index (χ1n) is 5.67. The summed E-state index contributed by atoms with van der Waals surface area (Å²) in [7, 11) is 0. The summed E-state index contributed by atoms with van der Waals surface area (Å²) in [6, 6.07) is 15.5. The summed E-state index contributed by atoms with van der Waals surface area (Å²) in [6.45, 7) is 0. The quantitative estimate of drug-likeness (QED) is 0.782. The van der Waals surface area contributed by atoms with E-state index in [9.17, 15) is 5.11 Å². The first-order chi connectivity index (χ1) is 8.84. The fourth-order valence-corrected chi connectivity index (χ4v) is 2.52. The molecule has 0 saturated heterocycles. The maximum atomic E-state index is 10.2. The van der Waals surface area contributed by atoms with Crippen LogP contribution in [-0.4, -0.2) is 14.9 Å². The number of nitrogens with zero attached hydrogens (tertiary/aromatic N) is 2. The van der Waals surface area contributed by atoms with Gasteiger partial charge in [0.05, 0.1) is 11.4 Å². The van der Waals surface area contributed by atoms with Gasteiger partial charge in [-0.1, -0.05) is 24.3 Å². The molecule has 0 saturated carbocycles. The van der Waals surface area contributed by atoms with Crippen LogP contribution in [-0.2, 0) is 0 Å². The van der Waals surface area contributed by atoms with E-state index < -0.39 is 6.10 Å². The lowest BCUT2D eigenvalue weighted by Gasteiger charge is -2.04. The van der Waals surface area contributed by atoms with Crippen molar-refractivity contribution in [1.29, 1.82) is 0 Å². The van der Waals surface area contributed by atoms with Crippen LogP contribution in [0.25, 0.3) is 5.69 Å². The van der Waals surface area contributed by atoms with Gasteiger partial charge in [-0.15, -0.1) is 11.3 Å². The second-order valence-electron chi connectivity index (χ2n) is 3.94. The number of thiophene rings is 1. The van der Waals surface area contributed by atoms with Gasteiger partial charge < -0.3 is 5.11 Å². The minimum Gasteiger partial charge on any atom is -0.381 e. The maximum absolute atomic E-state index is 10.2. The van der Waals surface area contributed by atoms with Crippen molar-refractivity contribution in [3.63, 3.8) is 0 Å². The Labute approximate surface area is 109 Å². The third-order valence-corrected chi connectivity index (χ3v) is 3.65. The molecule has 0 aliphatic heterocycles. The van der Waals surface area contributed by atoms with Crippen molar-refractivity contribution < 1.29 is 5.11 Å². The number of hydrogen-bond acceptors (Lipinski definition) is 3. The van der Waals surface area contributed by atoms with E-state index in [2.05, 4.69) is 5.10 Å². The zero-order chi connectivity index (χ0) is 12.4. The monoisotopic (exact) mass is 256 g/mol. The van der Waals surface area contributed by atoms with Crippen molar-refractivity contribution in [3.05, 3.63) is 70.7 Å². The summed E-state index contributed by atoms with van der Waals surface area (Å²) in [5, 5.41) is 16.5. The smallest absolute Gasteiger partial charge is 0.132 e. The molecule has 3 rings (SSSR count). The van der Waals surface area contributed by atoms with Crippen molar-refractivity contribution >= 4 is 11.3 Å². The minimum atomic E-state index is -0.644. The van der Waals surface area contributed by atoms with E-state index in [1.54, 1.807) is 4.68 Å². The van der Waals surface area contributed by atoms with Crippen LogP contribution >= 0.6 is 11.3 Å². The number of aliphatic hydroxyl groups excluding tert-OH is 1. The predicted octanol–water partition coefficient (Wildman–Crippen LogP) is 3.02. The lowest BCUT2D eigenvalue weighted by Crippen LogP contribution is -2.01. The number of benzene rings is 1. The molecule has 18 heavy (non-hydrogen) atoms. The van der Waals surface area contributed by atoms with E-state index in [-0.39, 0.29) is 0 Å². The summed E-state index contributed by atoms with van der Waals surface area (Å²) >= 11 is 1.53. The van der Waals surface area contributed by atoms with Crippen molar-refractivity contribution in [1.82, 2.24) is 9.78 Å². The average Bonchev–Trinajstić information content (AvgIpc) is 3.10. The molecular formula is C14H12N2OS. The molecule has 2 heterocycles. The number of rotatable bonds is 3. The molecule has 0 fully saturated rings. The second kappa shape index (κ2) is 4.76.